The fourth-order valence-corrected chi connectivity index (χ4v) is 3.26. The summed E-state index contributed by atoms with van der Waals surface area (Å²) in [5.41, 5.74) is 1.26. The van der Waals surface area contributed by atoms with E-state index in [0.29, 0.717) is 22.9 Å². The van der Waals surface area contributed by atoms with Crippen molar-refractivity contribution >= 4 is 23.2 Å². The molecule has 0 aromatic heterocycles. The van der Waals surface area contributed by atoms with Crippen LogP contribution in [0.2, 0.25) is 0 Å². The third-order valence-electron chi connectivity index (χ3n) is 4.67. The van der Waals surface area contributed by atoms with Gasteiger partial charge in [-0.15, -0.1) is 0 Å². The van der Waals surface area contributed by atoms with Gasteiger partial charge in [0.05, 0.1) is 31.9 Å². The highest BCUT2D eigenvalue weighted by Gasteiger charge is 2.36. The first-order valence-electron chi connectivity index (χ1n) is 9.51. The number of methoxy groups -OCH3 is 2. The lowest BCUT2D eigenvalue weighted by Gasteiger charge is -2.20. The van der Waals surface area contributed by atoms with Gasteiger partial charge in [0.2, 0.25) is 11.8 Å². The molecule has 1 aliphatic heterocycles. The number of carbonyl (C=O) groups excluding carboxylic acids is 2. The van der Waals surface area contributed by atoms with Crippen molar-refractivity contribution in [3.8, 4) is 17.2 Å². The Hall–Kier alpha value is -3.22. The fraction of sp³-hybridized carbons (Fsp3) is 0.364. The number of nitrogens with zero attached hydrogens (tertiary/aromatic N) is 1. The molecule has 1 atom stereocenters. The van der Waals surface area contributed by atoms with Crippen molar-refractivity contribution in [1.29, 1.82) is 0 Å². The van der Waals surface area contributed by atoms with Crippen molar-refractivity contribution < 1.29 is 23.8 Å². The first kappa shape index (κ1) is 20.5. The van der Waals surface area contributed by atoms with Crippen LogP contribution in [0.25, 0.3) is 0 Å². The molecule has 0 bridgehead atoms. The van der Waals surface area contributed by atoms with E-state index in [1.807, 2.05) is 26.0 Å². The Morgan fingerprint density at radius 1 is 1.07 bits per heavy atom. The van der Waals surface area contributed by atoms with E-state index in [4.69, 9.17) is 14.2 Å². The minimum Gasteiger partial charge on any atom is -0.497 e. The van der Waals surface area contributed by atoms with Crippen molar-refractivity contribution in [3.63, 3.8) is 0 Å². The highest BCUT2D eigenvalue weighted by molar-refractivity contribution is 6.04. The van der Waals surface area contributed by atoms with Crippen molar-refractivity contribution in [3.05, 3.63) is 42.5 Å². The largest absolute Gasteiger partial charge is 0.497 e. The summed E-state index contributed by atoms with van der Waals surface area (Å²) in [6.07, 6.45) is 0.223. The Bertz CT molecular complexity index is 879. The molecule has 2 amide bonds. The molecule has 7 heteroatoms. The molecule has 1 fully saturated rings. The SMILES string of the molecule is COc1ccc(OC)c(N2CC(C(=O)Nc3ccc(OC(C)C)cc3)CC2=O)c1. The Morgan fingerprint density at radius 3 is 2.38 bits per heavy atom. The number of ether oxygens (including phenoxy) is 3. The number of hydrogen-bond acceptors (Lipinski definition) is 5. The molecule has 1 aliphatic rings. The number of benzene rings is 2. The number of amides is 2. The molecule has 0 aliphatic carbocycles. The minimum absolute atomic E-state index is 0.0829. The topological polar surface area (TPSA) is 77.1 Å². The number of carbonyl (C=O) groups is 2. The van der Waals surface area contributed by atoms with Gasteiger partial charge in [-0.3, -0.25) is 9.59 Å². The normalized spacial score (nSPS) is 16.1. The Kier molecular flexibility index (Phi) is 6.26. The highest BCUT2D eigenvalue weighted by Crippen LogP contribution is 2.36. The van der Waals surface area contributed by atoms with Gasteiger partial charge in [0.1, 0.15) is 17.2 Å². The minimum atomic E-state index is -0.454. The summed E-state index contributed by atoms with van der Waals surface area (Å²) in [4.78, 5) is 26.9. The summed E-state index contributed by atoms with van der Waals surface area (Å²) in [6, 6.07) is 12.4. The van der Waals surface area contributed by atoms with E-state index < -0.39 is 5.92 Å². The highest BCUT2D eigenvalue weighted by atomic mass is 16.5. The van der Waals surface area contributed by atoms with Gasteiger partial charge < -0.3 is 24.4 Å². The van der Waals surface area contributed by atoms with Gasteiger partial charge in [-0.2, -0.15) is 0 Å². The van der Waals surface area contributed by atoms with Gasteiger partial charge in [0.15, 0.2) is 0 Å². The summed E-state index contributed by atoms with van der Waals surface area (Å²) in [7, 11) is 3.10. The fourth-order valence-electron chi connectivity index (χ4n) is 3.26. The smallest absolute Gasteiger partial charge is 0.229 e. The molecule has 2 aromatic rings. The molecule has 0 spiro atoms. The second-order valence-corrected chi connectivity index (χ2v) is 7.12. The van der Waals surface area contributed by atoms with Gasteiger partial charge in [-0.05, 0) is 50.2 Å². The van der Waals surface area contributed by atoms with E-state index in [-0.39, 0.29) is 30.9 Å². The molecule has 1 unspecified atom stereocenters. The average molecular weight is 398 g/mol. The van der Waals surface area contributed by atoms with Gasteiger partial charge in [-0.25, -0.2) is 0 Å². The van der Waals surface area contributed by atoms with Crippen LogP contribution in [0, 0.1) is 5.92 Å². The zero-order chi connectivity index (χ0) is 21.0. The molecule has 1 heterocycles. The van der Waals surface area contributed by atoms with Gasteiger partial charge >= 0.3 is 0 Å². The first-order valence-corrected chi connectivity index (χ1v) is 9.51. The maximum atomic E-state index is 12.7. The number of rotatable bonds is 7. The molecule has 154 valence electrons. The van der Waals surface area contributed by atoms with Crippen LogP contribution in [0.4, 0.5) is 11.4 Å². The third kappa shape index (κ3) is 4.80. The van der Waals surface area contributed by atoms with Crippen molar-refractivity contribution in [2.75, 3.05) is 31.0 Å². The number of anilines is 2. The van der Waals surface area contributed by atoms with Crippen LogP contribution < -0.4 is 24.4 Å². The summed E-state index contributed by atoms with van der Waals surface area (Å²) >= 11 is 0. The molecule has 1 N–H and O–H groups in total. The van der Waals surface area contributed by atoms with E-state index in [1.165, 1.54) is 0 Å². The monoisotopic (exact) mass is 398 g/mol. The zero-order valence-electron chi connectivity index (χ0n) is 17.1. The van der Waals surface area contributed by atoms with Gasteiger partial charge in [0.25, 0.3) is 0 Å². The van der Waals surface area contributed by atoms with E-state index in [9.17, 15) is 9.59 Å². The lowest BCUT2D eigenvalue weighted by molar-refractivity contribution is -0.122. The van der Waals surface area contributed by atoms with Crippen LogP contribution in [0.1, 0.15) is 20.3 Å². The summed E-state index contributed by atoms with van der Waals surface area (Å²) in [5.74, 6) is 1.14. The molecule has 1 saturated heterocycles. The maximum Gasteiger partial charge on any atom is 0.229 e. The van der Waals surface area contributed by atoms with Crippen LogP contribution in [0.3, 0.4) is 0 Å². The molecule has 3 rings (SSSR count). The molecule has 29 heavy (non-hydrogen) atoms. The van der Waals surface area contributed by atoms with Crippen molar-refractivity contribution in [2.45, 2.75) is 26.4 Å². The lowest BCUT2D eigenvalue weighted by Crippen LogP contribution is -2.28. The summed E-state index contributed by atoms with van der Waals surface area (Å²) < 4.78 is 16.2. The predicted molar refractivity (Wildman–Crippen MR) is 111 cm³/mol. The van der Waals surface area contributed by atoms with Crippen molar-refractivity contribution in [2.24, 2.45) is 5.92 Å². The zero-order valence-corrected chi connectivity index (χ0v) is 17.1. The molecule has 2 aromatic carbocycles. The number of hydrogen-bond donors (Lipinski definition) is 1. The Labute approximate surface area is 170 Å². The van der Waals surface area contributed by atoms with Crippen LogP contribution in [-0.2, 0) is 9.59 Å². The molecule has 0 radical (unpaired) electrons. The first-order chi connectivity index (χ1) is 13.9. The van der Waals surface area contributed by atoms with Gasteiger partial charge in [0, 0.05) is 24.7 Å². The Morgan fingerprint density at radius 2 is 1.76 bits per heavy atom. The molecular weight excluding hydrogens is 372 g/mol. The molecular formula is C22H26N2O5. The summed E-state index contributed by atoms with van der Waals surface area (Å²) in [6.45, 7) is 4.19. The quantitative estimate of drug-likeness (QED) is 0.773. The van der Waals surface area contributed by atoms with Crippen LogP contribution >= 0.6 is 0 Å². The standard InChI is InChI=1S/C22H26N2O5/c1-14(2)29-17-7-5-16(6-8-17)23-22(26)15-11-21(25)24(13-15)19-12-18(27-3)9-10-20(19)28-4/h5-10,12,14-15H,11,13H2,1-4H3,(H,23,26). The lowest BCUT2D eigenvalue weighted by atomic mass is 10.1. The number of nitrogens with one attached hydrogen (secondary N) is 1. The Balaban J connectivity index is 1.69. The maximum absolute atomic E-state index is 12.7. The second-order valence-electron chi connectivity index (χ2n) is 7.12. The molecule has 0 saturated carbocycles. The van der Waals surface area contributed by atoms with Gasteiger partial charge in [-0.1, -0.05) is 0 Å². The van der Waals surface area contributed by atoms with Crippen LogP contribution in [0.15, 0.2) is 42.5 Å². The van der Waals surface area contributed by atoms with Crippen molar-refractivity contribution in [1.82, 2.24) is 0 Å². The van der Waals surface area contributed by atoms with E-state index in [1.54, 1.807) is 49.5 Å². The average Bonchev–Trinajstić information content (AvgIpc) is 3.10. The van der Waals surface area contributed by atoms with E-state index in [2.05, 4.69) is 5.32 Å². The predicted octanol–water partition coefficient (Wildman–Crippen LogP) is 3.48. The summed E-state index contributed by atoms with van der Waals surface area (Å²) in [5, 5.41) is 2.88. The van der Waals surface area contributed by atoms with Crippen LogP contribution in [0.5, 0.6) is 17.2 Å². The second kappa shape index (κ2) is 8.86. The van der Waals surface area contributed by atoms with Crippen LogP contribution in [-0.4, -0.2) is 38.7 Å². The third-order valence-corrected chi connectivity index (χ3v) is 4.67. The van der Waals surface area contributed by atoms with E-state index in [0.717, 1.165) is 5.75 Å². The van der Waals surface area contributed by atoms with E-state index >= 15 is 0 Å². The molecule has 7 nitrogen and oxygen atoms in total.